The Labute approximate surface area is 220 Å². The third-order valence-electron chi connectivity index (χ3n) is 6.42. The van der Waals surface area contributed by atoms with Crippen LogP contribution in [0, 0.1) is 12.7 Å². The van der Waals surface area contributed by atoms with Gasteiger partial charge in [0, 0.05) is 16.9 Å². The summed E-state index contributed by atoms with van der Waals surface area (Å²) < 4.78 is 15.9. The molecule has 38 heavy (non-hydrogen) atoms. The van der Waals surface area contributed by atoms with Crippen LogP contribution in [-0.2, 0) is 11.2 Å². The molecule has 5 aromatic rings. The van der Waals surface area contributed by atoms with Crippen molar-refractivity contribution < 1.29 is 14.0 Å². The fraction of sp³-hybridized carbons (Fsp3) is 0.129. The van der Waals surface area contributed by atoms with Crippen LogP contribution in [0.5, 0.6) is 0 Å². The molecule has 0 fully saturated rings. The summed E-state index contributed by atoms with van der Waals surface area (Å²) in [6.45, 7) is 3.92. The van der Waals surface area contributed by atoms with Crippen molar-refractivity contribution in [1.29, 1.82) is 0 Å². The molecule has 1 heterocycles. The predicted octanol–water partition coefficient (Wildman–Crippen LogP) is 6.15. The smallest absolute Gasteiger partial charge is 0.251 e. The highest BCUT2D eigenvalue weighted by Crippen LogP contribution is 2.22. The first-order chi connectivity index (χ1) is 18.4. The number of aromatic nitrogens is 2. The molecule has 0 radical (unpaired) electrons. The van der Waals surface area contributed by atoms with E-state index in [4.69, 9.17) is 0 Å². The van der Waals surface area contributed by atoms with E-state index >= 15 is 0 Å². The maximum atomic E-state index is 13.9. The zero-order valence-corrected chi connectivity index (χ0v) is 21.1. The molecule has 190 valence electrons. The predicted molar refractivity (Wildman–Crippen MR) is 147 cm³/mol. The van der Waals surface area contributed by atoms with Gasteiger partial charge in [-0.3, -0.25) is 14.2 Å². The molecule has 0 aliphatic heterocycles. The van der Waals surface area contributed by atoms with E-state index in [1.807, 2.05) is 48.7 Å². The third-order valence-corrected chi connectivity index (χ3v) is 6.42. The van der Waals surface area contributed by atoms with Crippen LogP contribution in [0.15, 0.2) is 97.3 Å². The van der Waals surface area contributed by atoms with Crippen LogP contribution < -0.4 is 10.6 Å². The van der Waals surface area contributed by atoms with Gasteiger partial charge in [-0.1, -0.05) is 42.5 Å². The van der Waals surface area contributed by atoms with Crippen molar-refractivity contribution in [1.82, 2.24) is 14.9 Å². The number of carbonyl (C=O) groups is 2. The molecule has 1 unspecified atom stereocenters. The first-order valence-electron chi connectivity index (χ1n) is 12.4. The molecule has 0 saturated heterocycles. The van der Waals surface area contributed by atoms with Gasteiger partial charge < -0.3 is 10.6 Å². The van der Waals surface area contributed by atoms with Gasteiger partial charge >= 0.3 is 0 Å². The summed E-state index contributed by atoms with van der Waals surface area (Å²) in [4.78, 5) is 30.0. The monoisotopic (exact) mass is 506 g/mol. The summed E-state index contributed by atoms with van der Waals surface area (Å²) in [6.07, 6.45) is 1.70. The van der Waals surface area contributed by atoms with Crippen molar-refractivity contribution in [2.24, 2.45) is 0 Å². The lowest BCUT2D eigenvalue weighted by Crippen LogP contribution is -2.26. The van der Waals surface area contributed by atoms with Gasteiger partial charge in [-0.05, 0) is 79.1 Å². The Balaban J connectivity index is 1.26. The number of nitrogens with one attached hydrogen (secondary N) is 2. The molecule has 0 saturated carbocycles. The minimum absolute atomic E-state index is 0.0642. The summed E-state index contributed by atoms with van der Waals surface area (Å²) in [7, 11) is 0. The normalized spacial score (nSPS) is 11.8. The average Bonchev–Trinajstić information content (AvgIpc) is 3.33. The number of imidazole rings is 1. The molecule has 7 heteroatoms. The number of rotatable bonds is 7. The van der Waals surface area contributed by atoms with Crippen LogP contribution in [0.1, 0.15) is 40.0 Å². The second-order valence-electron chi connectivity index (χ2n) is 9.29. The number of benzene rings is 4. The van der Waals surface area contributed by atoms with Crippen molar-refractivity contribution in [3.05, 3.63) is 125 Å². The Hall–Kier alpha value is -4.78. The molecule has 0 spiro atoms. The second-order valence-corrected chi connectivity index (χ2v) is 9.29. The lowest BCUT2D eigenvalue weighted by molar-refractivity contribution is -0.115. The number of hydrogen-bond donors (Lipinski definition) is 2. The standard InChI is InChI=1S/C31H27FN4O2/c1-20-7-5-11-26(15-20)36-19-33-28-17-24(13-14-29(28)36)31(38)34-21(2)22-9-6-10-25(16-22)35-30(37)18-23-8-3-4-12-27(23)32/h3-17,19,21H,18H2,1-2H3,(H,34,38)(H,35,37). The van der Waals surface area contributed by atoms with Gasteiger partial charge in [-0.25, -0.2) is 9.37 Å². The Bertz CT molecular complexity index is 1640. The molecule has 4 aromatic carbocycles. The van der Waals surface area contributed by atoms with Gasteiger partial charge in [0.2, 0.25) is 5.91 Å². The molecule has 6 nitrogen and oxygen atoms in total. The van der Waals surface area contributed by atoms with Crippen LogP contribution in [0.3, 0.4) is 0 Å². The zero-order valence-electron chi connectivity index (χ0n) is 21.1. The summed E-state index contributed by atoms with van der Waals surface area (Å²) in [5.74, 6) is -0.950. The zero-order chi connectivity index (χ0) is 26.6. The number of aryl methyl sites for hydroxylation is 1. The molecular formula is C31H27FN4O2. The Kier molecular flexibility index (Phi) is 7.00. The molecular weight excluding hydrogens is 479 g/mol. The number of halogens is 1. The first kappa shape index (κ1) is 24.9. The van der Waals surface area contributed by atoms with Crippen molar-refractivity contribution >= 4 is 28.5 Å². The highest BCUT2D eigenvalue weighted by Gasteiger charge is 2.15. The van der Waals surface area contributed by atoms with E-state index in [0.717, 1.165) is 27.8 Å². The maximum Gasteiger partial charge on any atom is 0.251 e. The number of fused-ring (bicyclic) bond motifs is 1. The number of amides is 2. The lowest BCUT2D eigenvalue weighted by Gasteiger charge is -2.16. The van der Waals surface area contributed by atoms with Gasteiger partial charge in [-0.2, -0.15) is 0 Å². The summed E-state index contributed by atoms with van der Waals surface area (Å²) >= 11 is 0. The number of nitrogens with zero attached hydrogens (tertiary/aromatic N) is 2. The maximum absolute atomic E-state index is 13.9. The Morgan fingerprint density at radius 1 is 0.947 bits per heavy atom. The van der Waals surface area contributed by atoms with E-state index < -0.39 is 5.82 Å². The van der Waals surface area contributed by atoms with Crippen molar-refractivity contribution in [2.45, 2.75) is 26.3 Å². The number of hydrogen-bond acceptors (Lipinski definition) is 3. The molecule has 2 amide bonds. The van der Waals surface area contributed by atoms with Crippen LogP contribution in [0.2, 0.25) is 0 Å². The Morgan fingerprint density at radius 2 is 1.76 bits per heavy atom. The SMILES string of the molecule is Cc1cccc(-n2cnc3cc(C(=O)NC(C)c4cccc(NC(=O)Cc5ccccc5F)c4)ccc32)c1. The van der Waals surface area contributed by atoms with Crippen molar-refractivity contribution in [3.63, 3.8) is 0 Å². The highest BCUT2D eigenvalue weighted by molar-refractivity contribution is 5.98. The van der Waals surface area contributed by atoms with Gasteiger partial charge in [0.05, 0.1) is 23.5 Å². The van der Waals surface area contributed by atoms with Crippen molar-refractivity contribution in [3.8, 4) is 5.69 Å². The van der Waals surface area contributed by atoms with Crippen LogP contribution in [0.4, 0.5) is 10.1 Å². The van der Waals surface area contributed by atoms with E-state index in [1.165, 1.54) is 6.07 Å². The quantitative estimate of drug-likeness (QED) is 0.278. The largest absolute Gasteiger partial charge is 0.346 e. The fourth-order valence-corrected chi connectivity index (χ4v) is 4.41. The van der Waals surface area contributed by atoms with E-state index in [2.05, 4.69) is 21.7 Å². The molecule has 5 rings (SSSR count). The van der Waals surface area contributed by atoms with Crippen LogP contribution in [0.25, 0.3) is 16.7 Å². The summed E-state index contributed by atoms with van der Waals surface area (Å²) in [5, 5.41) is 5.82. The molecule has 0 bridgehead atoms. The molecule has 1 aromatic heterocycles. The Morgan fingerprint density at radius 3 is 2.58 bits per heavy atom. The average molecular weight is 507 g/mol. The number of anilines is 1. The summed E-state index contributed by atoms with van der Waals surface area (Å²) in [6, 6.07) is 26.8. The van der Waals surface area contributed by atoms with Crippen LogP contribution >= 0.6 is 0 Å². The van der Waals surface area contributed by atoms with Gasteiger partial charge in [-0.15, -0.1) is 0 Å². The van der Waals surface area contributed by atoms with E-state index in [-0.39, 0.29) is 24.3 Å². The highest BCUT2D eigenvalue weighted by atomic mass is 19.1. The second kappa shape index (κ2) is 10.7. The molecule has 1 atom stereocenters. The van der Waals surface area contributed by atoms with Gasteiger partial charge in [0.15, 0.2) is 0 Å². The van der Waals surface area contributed by atoms with E-state index in [9.17, 15) is 14.0 Å². The van der Waals surface area contributed by atoms with Crippen LogP contribution in [-0.4, -0.2) is 21.4 Å². The van der Waals surface area contributed by atoms with Gasteiger partial charge in [0.25, 0.3) is 5.91 Å². The molecule has 0 aliphatic rings. The topological polar surface area (TPSA) is 76.0 Å². The lowest BCUT2D eigenvalue weighted by atomic mass is 10.1. The molecule has 0 aliphatic carbocycles. The summed E-state index contributed by atoms with van der Waals surface area (Å²) in [5.41, 5.74) is 6.06. The van der Waals surface area contributed by atoms with Gasteiger partial charge in [0.1, 0.15) is 12.1 Å². The van der Waals surface area contributed by atoms with E-state index in [1.54, 1.807) is 54.9 Å². The first-order valence-corrected chi connectivity index (χ1v) is 12.4. The fourth-order valence-electron chi connectivity index (χ4n) is 4.41. The molecule has 2 N–H and O–H groups in total. The van der Waals surface area contributed by atoms with Crippen molar-refractivity contribution in [2.75, 3.05) is 5.32 Å². The third kappa shape index (κ3) is 5.47. The van der Waals surface area contributed by atoms with E-state index in [0.29, 0.717) is 16.8 Å². The minimum atomic E-state index is -0.409. The minimum Gasteiger partial charge on any atom is -0.346 e. The number of carbonyl (C=O) groups excluding carboxylic acids is 2.